The van der Waals surface area contributed by atoms with Gasteiger partial charge in [-0.2, -0.15) is 0 Å². The highest BCUT2D eigenvalue weighted by Crippen LogP contribution is 2.39. The van der Waals surface area contributed by atoms with E-state index in [9.17, 15) is 19.5 Å². The van der Waals surface area contributed by atoms with Gasteiger partial charge in [-0.1, -0.05) is 49.6 Å². The van der Waals surface area contributed by atoms with Crippen LogP contribution in [0.3, 0.4) is 0 Å². The quantitative estimate of drug-likeness (QED) is 0.409. The number of piperidine rings is 1. The Bertz CT molecular complexity index is 1110. The Morgan fingerprint density at radius 2 is 1.62 bits per heavy atom. The van der Waals surface area contributed by atoms with Gasteiger partial charge in [0.25, 0.3) is 11.8 Å². The second-order valence-electron chi connectivity index (χ2n) is 10.4. The average Bonchev–Trinajstić information content (AvgIpc) is 3.18. The van der Waals surface area contributed by atoms with Gasteiger partial charge in [-0.15, -0.1) is 11.8 Å². The average molecular weight is 522 g/mol. The molecule has 7 nitrogen and oxygen atoms in total. The van der Waals surface area contributed by atoms with Crippen LogP contribution in [0.5, 0.6) is 0 Å². The second-order valence-corrected chi connectivity index (χ2v) is 11.5. The molecule has 2 aliphatic heterocycles. The number of hydrogen-bond acceptors (Lipinski definition) is 6. The lowest BCUT2D eigenvalue weighted by Crippen LogP contribution is -2.59. The van der Waals surface area contributed by atoms with E-state index in [1.165, 1.54) is 29.5 Å². The number of benzene rings is 2. The van der Waals surface area contributed by atoms with Crippen molar-refractivity contribution in [2.75, 3.05) is 25.9 Å². The van der Waals surface area contributed by atoms with Gasteiger partial charge in [0.05, 0.1) is 29.3 Å². The summed E-state index contributed by atoms with van der Waals surface area (Å²) in [6, 6.07) is 15.6. The number of aliphatic hydroxyl groups is 1. The van der Waals surface area contributed by atoms with Crippen LogP contribution in [0.4, 0.5) is 0 Å². The first-order chi connectivity index (χ1) is 18.0. The number of likely N-dealkylation sites (tertiary alicyclic amines) is 1. The van der Waals surface area contributed by atoms with Gasteiger partial charge in [0.2, 0.25) is 5.91 Å². The smallest absolute Gasteiger partial charge is 0.261 e. The number of aliphatic hydroxyl groups excluding tert-OH is 1. The third kappa shape index (κ3) is 5.33. The Morgan fingerprint density at radius 1 is 1.00 bits per heavy atom. The van der Waals surface area contributed by atoms with E-state index in [1.807, 2.05) is 30.3 Å². The number of nitrogens with one attached hydrogen (secondary N) is 1. The molecule has 1 saturated carbocycles. The minimum Gasteiger partial charge on any atom is -0.390 e. The number of imide groups is 1. The fraction of sp³-hybridized carbons (Fsp3) is 0.483. The van der Waals surface area contributed by atoms with Crippen molar-refractivity contribution in [3.63, 3.8) is 0 Å². The fourth-order valence-electron chi connectivity index (χ4n) is 6.27. The molecule has 8 heteroatoms. The summed E-state index contributed by atoms with van der Waals surface area (Å²) in [7, 11) is 1.65. The van der Waals surface area contributed by atoms with Crippen LogP contribution in [0.2, 0.25) is 0 Å². The van der Waals surface area contributed by atoms with Crippen molar-refractivity contribution in [2.24, 2.45) is 11.8 Å². The minimum absolute atomic E-state index is 0.0350. The second kappa shape index (κ2) is 11.4. The van der Waals surface area contributed by atoms with Crippen molar-refractivity contribution >= 4 is 29.5 Å². The first kappa shape index (κ1) is 25.9. The summed E-state index contributed by atoms with van der Waals surface area (Å²) in [4.78, 5) is 43.9. The maximum atomic E-state index is 13.4. The van der Waals surface area contributed by atoms with E-state index in [4.69, 9.17) is 0 Å². The van der Waals surface area contributed by atoms with E-state index >= 15 is 0 Å². The number of fused-ring (bicyclic) bond motifs is 2. The molecule has 2 heterocycles. The van der Waals surface area contributed by atoms with E-state index in [2.05, 4.69) is 10.2 Å². The highest BCUT2D eigenvalue weighted by atomic mass is 32.2. The number of thioether (sulfide) groups is 1. The molecule has 2 aromatic carbocycles. The number of carbonyl (C=O) groups is 3. The lowest BCUT2D eigenvalue weighted by molar-refractivity contribution is -0.130. The number of amides is 3. The normalized spacial score (nSPS) is 25.4. The zero-order valence-electron chi connectivity index (χ0n) is 21.2. The molecule has 3 amide bonds. The molecule has 0 radical (unpaired) electrons. The minimum atomic E-state index is -0.995. The van der Waals surface area contributed by atoms with Crippen molar-refractivity contribution in [3.05, 3.63) is 65.7 Å². The number of rotatable bonds is 8. The molecule has 1 saturated heterocycles. The van der Waals surface area contributed by atoms with E-state index < -0.39 is 12.1 Å². The van der Waals surface area contributed by atoms with Gasteiger partial charge in [-0.25, -0.2) is 0 Å². The Hall–Kier alpha value is -2.68. The van der Waals surface area contributed by atoms with Crippen LogP contribution in [0, 0.1) is 11.8 Å². The van der Waals surface area contributed by atoms with E-state index in [0.29, 0.717) is 28.7 Å². The highest BCUT2D eigenvalue weighted by Gasteiger charge is 2.45. The molecule has 3 aliphatic rings. The fourth-order valence-corrected chi connectivity index (χ4v) is 7.35. The monoisotopic (exact) mass is 521 g/mol. The Morgan fingerprint density at radius 3 is 2.27 bits per heavy atom. The van der Waals surface area contributed by atoms with Crippen molar-refractivity contribution < 1.29 is 19.5 Å². The number of likely N-dealkylation sites (N-methyl/N-ethyl adjacent to an activating group) is 1. The summed E-state index contributed by atoms with van der Waals surface area (Å²) >= 11 is 1.51. The maximum absolute atomic E-state index is 13.4. The van der Waals surface area contributed by atoms with E-state index in [-0.39, 0.29) is 30.3 Å². The Balaban J connectivity index is 1.39. The molecule has 37 heavy (non-hydrogen) atoms. The molecule has 1 aliphatic carbocycles. The lowest BCUT2D eigenvalue weighted by atomic mass is 9.72. The summed E-state index contributed by atoms with van der Waals surface area (Å²) in [6.07, 6.45) is 4.50. The van der Waals surface area contributed by atoms with Crippen LogP contribution in [0.15, 0.2) is 59.5 Å². The molecule has 0 aromatic heterocycles. The molecular weight excluding hydrogens is 486 g/mol. The van der Waals surface area contributed by atoms with Gasteiger partial charge < -0.3 is 10.4 Å². The van der Waals surface area contributed by atoms with Crippen molar-refractivity contribution in [2.45, 2.75) is 55.2 Å². The lowest BCUT2D eigenvalue weighted by Gasteiger charge is -2.46. The number of β-amino-alcohol motifs (C(OH)–C–C–N with tert-alkyl or cyclic N) is 1. The summed E-state index contributed by atoms with van der Waals surface area (Å²) < 4.78 is 0. The molecule has 4 unspecified atom stereocenters. The van der Waals surface area contributed by atoms with Gasteiger partial charge in [-0.3, -0.25) is 24.2 Å². The number of hydrogen-bond donors (Lipinski definition) is 2. The first-order valence-electron chi connectivity index (χ1n) is 13.3. The Kier molecular flexibility index (Phi) is 7.98. The van der Waals surface area contributed by atoms with Crippen LogP contribution in [0.25, 0.3) is 0 Å². The predicted octanol–water partition coefficient (Wildman–Crippen LogP) is 3.43. The largest absolute Gasteiger partial charge is 0.390 e. The molecule has 0 bridgehead atoms. The predicted molar refractivity (Wildman–Crippen MR) is 143 cm³/mol. The SMILES string of the molecule is CNC(=O)C1CC2CCCCC2CN1CC(O)[C@H](CSc1ccccc1)N1C(=O)c2ccccc2C1=O. The third-order valence-corrected chi connectivity index (χ3v) is 9.35. The molecule has 5 rings (SSSR count). The van der Waals surface area contributed by atoms with Gasteiger partial charge in [0.15, 0.2) is 0 Å². The van der Waals surface area contributed by atoms with E-state index in [1.54, 1.807) is 31.3 Å². The molecule has 2 N–H and O–H groups in total. The van der Waals surface area contributed by atoms with Gasteiger partial charge in [0.1, 0.15) is 0 Å². The van der Waals surface area contributed by atoms with Gasteiger partial charge >= 0.3 is 0 Å². The standard InChI is InChI=1S/C29H35N3O4S/c1-30-27(34)24-15-19-9-5-6-10-20(19)16-31(24)17-26(33)25(18-37-21-11-3-2-4-12-21)32-28(35)22-13-7-8-14-23(22)29(32)36/h2-4,7-8,11-14,19-20,24-26,33H,5-6,9-10,15-18H2,1H3,(H,30,34)/t19?,20?,24?,25-,26?/m0/s1. The van der Waals surface area contributed by atoms with Crippen molar-refractivity contribution in [3.8, 4) is 0 Å². The molecule has 196 valence electrons. The highest BCUT2D eigenvalue weighted by molar-refractivity contribution is 7.99. The third-order valence-electron chi connectivity index (χ3n) is 8.24. The zero-order chi connectivity index (χ0) is 25.9. The molecule has 0 spiro atoms. The summed E-state index contributed by atoms with van der Waals surface area (Å²) in [5, 5.41) is 14.5. The zero-order valence-corrected chi connectivity index (χ0v) is 22.0. The molecule has 2 aromatic rings. The van der Waals surface area contributed by atoms with Crippen LogP contribution in [-0.2, 0) is 4.79 Å². The molecule has 2 fully saturated rings. The van der Waals surface area contributed by atoms with Crippen LogP contribution >= 0.6 is 11.8 Å². The topological polar surface area (TPSA) is 90.0 Å². The van der Waals surface area contributed by atoms with Crippen molar-refractivity contribution in [1.82, 2.24) is 15.1 Å². The van der Waals surface area contributed by atoms with Crippen LogP contribution in [0.1, 0.15) is 52.8 Å². The molecule has 5 atom stereocenters. The number of carbonyl (C=O) groups excluding carboxylic acids is 3. The first-order valence-corrected chi connectivity index (χ1v) is 14.2. The Labute approximate surface area is 222 Å². The van der Waals surface area contributed by atoms with Crippen LogP contribution in [-0.4, -0.2) is 76.7 Å². The van der Waals surface area contributed by atoms with Crippen molar-refractivity contribution in [1.29, 1.82) is 0 Å². The van der Waals surface area contributed by atoms with Gasteiger partial charge in [0, 0.05) is 30.8 Å². The molecular formula is C29H35N3O4S. The number of nitrogens with zero attached hydrogens (tertiary/aromatic N) is 2. The van der Waals surface area contributed by atoms with Gasteiger partial charge in [-0.05, 0) is 48.9 Å². The van der Waals surface area contributed by atoms with Crippen LogP contribution < -0.4 is 5.32 Å². The maximum Gasteiger partial charge on any atom is 0.261 e. The summed E-state index contributed by atoms with van der Waals surface area (Å²) in [5.41, 5.74) is 0.751. The summed E-state index contributed by atoms with van der Waals surface area (Å²) in [5.74, 6) is 0.635. The summed E-state index contributed by atoms with van der Waals surface area (Å²) in [6.45, 7) is 0.981. The van der Waals surface area contributed by atoms with E-state index in [0.717, 1.165) is 30.7 Å².